The number of ether oxygens (including phenoxy) is 1. The molecule has 0 fully saturated rings. The first-order valence-corrected chi connectivity index (χ1v) is 7.80. The Hall–Kier alpha value is -2.34. The van der Waals surface area contributed by atoms with Gasteiger partial charge in [-0.25, -0.2) is 5.84 Å². The highest BCUT2D eigenvalue weighted by atomic mass is 16.5. The van der Waals surface area contributed by atoms with Crippen molar-refractivity contribution in [1.82, 2.24) is 15.6 Å². The van der Waals surface area contributed by atoms with Gasteiger partial charge < -0.3 is 4.74 Å². The number of H-pyrrole nitrogens is 1. The van der Waals surface area contributed by atoms with Crippen LogP contribution in [-0.4, -0.2) is 16.1 Å². The van der Waals surface area contributed by atoms with Gasteiger partial charge in [0.05, 0.1) is 5.56 Å². The molecule has 0 spiro atoms. The first-order chi connectivity index (χ1) is 11.0. The second-order valence-electron chi connectivity index (χ2n) is 5.69. The Bertz CT molecular complexity index is 681. The normalized spacial score (nSPS) is 13.4. The maximum Gasteiger partial charge on any atom is 0.269 e. The van der Waals surface area contributed by atoms with Crippen LogP contribution in [0.4, 0.5) is 0 Å². The summed E-state index contributed by atoms with van der Waals surface area (Å²) in [6.07, 6.45) is 0.648. The summed E-state index contributed by atoms with van der Waals surface area (Å²) in [6, 6.07) is 7.96. The van der Waals surface area contributed by atoms with Crippen molar-refractivity contribution in [2.75, 3.05) is 0 Å². The fourth-order valence-electron chi connectivity index (χ4n) is 2.56. The molecule has 0 radical (unpaired) electrons. The largest absolute Gasteiger partial charge is 0.484 e. The molecule has 1 heterocycles. The molecule has 6 nitrogen and oxygen atoms in total. The number of hydrogen-bond donors (Lipinski definition) is 3. The number of aryl methyl sites for hydroxylation is 1. The van der Waals surface area contributed by atoms with E-state index in [1.165, 1.54) is 0 Å². The average Bonchev–Trinajstić information content (AvgIpc) is 2.95. The van der Waals surface area contributed by atoms with Crippen LogP contribution in [-0.2, 0) is 0 Å². The number of aromatic nitrogens is 2. The van der Waals surface area contributed by atoms with Gasteiger partial charge in [-0.15, -0.1) is 0 Å². The Kier molecular flexibility index (Phi) is 5.39. The number of nitrogens with zero attached hydrogens (tertiary/aromatic N) is 1. The summed E-state index contributed by atoms with van der Waals surface area (Å²) in [6.45, 7) is 7.96. The third-order valence-corrected chi connectivity index (χ3v) is 4.08. The molecule has 2 atom stereocenters. The summed E-state index contributed by atoms with van der Waals surface area (Å²) >= 11 is 0. The number of hydrogen-bond acceptors (Lipinski definition) is 4. The van der Waals surface area contributed by atoms with E-state index in [0.29, 0.717) is 22.9 Å². The van der Waals surface area contributed by atoms with E-state index in [-0.39, 0.29) is 12.0 Å². The quantitative estimate of drug-likeness (QED) is 0.434. The zero-order valence-electron chi connectivity index (χ0n) is 14.0. The molecule has 2 aromatic rings. The Balaban J connectivity index is 2.31. The Labute approximate surface area is 136 Å². The molecule has 0 bridgehead atoms. The molecule has 124 valence electrons. The van der Waals surface area contributed by atoms with Gasteiger partial charge in [-0.1, -0.05) is 32.0 Å². The number of rotatable bonds is 6. The first kappa shape index (κ1) is 17.0. The van der Waals surface area contributed by atoms with Gasteiger partial charge in [-0.05, 0) is 37.8 Å². The van der Waals surface area contributed by atoms with Crippen LogP contribution in [0, 0.1) is 6.92 Å². The van der Waals surface area contributed by atoms with Crippen LogP contribution < -0.4 is 16.0 Å². The van der Waals surface area contributed by atoms with Crippen molar-refractivity contribution in [1.29, 1.82) is 0 Å². The van der Waals surface area contributed by atoms with Crippen molar-refractivity contribution >= 4 is 5.91 Å². The lowest BCUT2D eigenvalue weighted by atomic mass is 9.97. The Morgan fingerprint density at radius 1 is 1.39 bits per heavy atom. The van der Waals surface area contributed by atoms with E-state index in [2.05, 4.69) is 35.5 Å². The third kappa shape index (κ3) is 3.53. The second-order valence-corrected chi connectivity index (χ2v) is 5.69. The number of aromatic amines is 1. The predicted octanol–water partition coefficient (Wildman–Crippen LogP) is 2.98. The Morgan fingerprint density at radius 3 is 2.74 bits per heavy atom. The summed E-state index contributed by atoms with van der Waals surface area (Å²) in [5.41, 5.74) is 4.94. The number of carbonyl (C=O) groups is 1. The lowest BCUT2D eigenvalue weighted by Gasteiger charge is -2.19. The molecule has 1 aromatic heterocycles. The molecular formula is C17H24N4O2. The van der Waals surface area contributed by atoms with Crippen molar-refractivity contribution in [3.05, 3.63) is 46.8 Å². The molecule has 0 aliphatic heterocycles. The minimum Gasteiger partial charge on any atom is -0.484 e. The zero-order valence-corrected chi connectivity index (χ0v) is 14.0. The molecule has 1 amide bonds. The van der Waals surface area contributed by atoms with E-state index < -0.39 is 0 Å². The summed E-state index contributed by atoms with van der Waals surface area (Å²) in [5, 5.41) is 7.03. The SMILES string of the molecule is CCC(C)c1ccccc1OC(C)c1n[nH]c(C)c1C(=O)NN. The molecule has 0 saturated carbocycles. The van der Waals surface area contributed by atoms with Crippen LogP contribution in [0.15, 0.2) is 24.3 Å². The molecule has 0 saturated heterocycles. The van der Waals surface area contributed by atoms with Gasteiger partial charge in [-0.3, -0.25) is 15.3 Å². The number of nitrogens with two attached hydrogens (primary N) is 1. The summed E-state index contributed by atoms with van der Waals surface area (Å²) in [4.78, 5) is 11.9. The maximum atomic E-state index is 11.9. The Morgan fingerprint density at radius 2 is 2.09 bits per heavy atom. The zero-order chi connectivity index (χ0) is 17.0. The number of nitrogen functional groups attached to an aromatic ring is 1. The van der Waals surface area contributed by atoms with E-state index in [4.69, 9.17) is 10.6 Å². The van der Waals surface area contributed by atoms with E-state index in [1.807, 2.05) is 25.1 Å². The number of para-hydroxylation sites is 1. The van der Waals surface area contributed by atoms with Crippen LogP contribution in [0.2, 0.25) is 0 Å². The van der Waals surface area contributed by atoms with E-state index in [9.17, 15) is 4.79 Å². The summed E-state index contributed by atoms with van der Waals surface area (Å²) in [5.74, 6) is 6.08. The van der Waals surface area contributed by atoms with Crippen molar-refractivity contribution < 1.29 is 9.53 Å². The molecule has 4 N–H and O–H groups in total. The monoisotopic (exact) mass is 316 g/mol. The topological polar surface area (TPSA) is 93.0 Å². The van der Waals surface area contributed by atoms with E-state index >= 15 is 0 Å². The predicted molar refractivity (Wildman–Crippen MR) is 89.2 cm³/mol. The van der Waals surface area contributed by atoms with Gasteiger partial charge in [0.1, 0.15) is 17.5 Å². The van der Waals surface area contributed by atoms with E-state index in [0.717, 1.165) is 17.7 Å². The third-order valence-electron chi connectivity index (χ3n) is 4.08. The fourth-order valence-corrected chi connectivity index (χ4v) is 2.56. The van der Waals surface area contributed by atoms with Crippen molar-refractivity contribution in [2.45, 2.75) is 46.1 Å². The minimum atomic E-state index is -0.378. The van der Waals surface area contributed by atoms with Gasteiger partial charge in [0.25, 0.3) is 5.91 Å². The van der Waals surface area contributed by atoms with Gasteiger partial charge in [-0.2, -0.15) is 5.10 Å². The fraction of sp³-hybridized carbons (Fsp3) is 0.412. The number of benzene rings is 1. The molecular weight excluding hydrogens is 292 g/mol. The smallest absolute Gasteiger partial charge is 0.269 e. The highest BCUT2D eigenvalue weighted by Gasteiger charge is 2.23. The van der Waals surface area contributed by atoms with Crippen molar-refractivity contribution in [2.24, 2.45) is 5.84 Å². The van der Waals surface area contributed by atoms with Crippen LogP contribution in [0.3, 0.4) is 0 Å². The highest BCUT2D eigenvalue weighted by molar-refractivity contribution is 5.96. The number of hydrazine groups is 1. The minimum absolute atomic E-state index is 0.377. The molecule has 0 aliphatic rings. The highest BCUT2D eigenvalue weighted by Crippen LogP contribution is 2.32. The van der Waals surface area contributed by atoms with Crippen LogP contribution in [0.1, 0.15) is 66.5 Å². The molecule has 2 rings (SSSR count). The molecule has 1 aromatic carbocycles. The average molecular weight is 316 g/mol. The first-order valence-electron chi connectivity index (χ1n) is 7.80. The number of amides is 1. The molecule has 2 unspecified atom stereocenters. The van der Waals surface area contributed by atoms with Crippen LogP contribution in [0.5, 0.6) is 5.75 Å². The number of nitrogens with one attached hydrogen (secondary N) is 2. The summed E-state index contributed by atoms with van der Waals surface area (Å²) < 4.78 is 6.10. The molecule has 23 heavy (non-hydrogen) atoms. The summed E-state index contributed by atoms with van der Waals surface area (Å²) in [7, 11) is 0. The second kappa shape index (κ2) is 7.28. The van der Waals surface area contributed by atoms with Crippen molar-refractivity contribution in [3.63, 3.8) is 0 Å². The lowest BCUT2D eigenvalue weighted by Crippen LogP contribution is -2.31. The lowest BCUT2D eigenvalue weighted by molar-refractivity contribution is 0.0948. The molecule has 6 heteroatoms. The molecule has 0 aliphatic carbocycles. The maximum absolute atomic E-state index is 11.9. The van der Waals surface area contributed by atoms with Gasteiger partial charge in [0.15, 0.2) is 0 Å². The van der Waals surface area contributed by atoms with Crippen LogP contribution in [0.25, 0.3) is 0 Å². The van der Waals surface area contributed by atoms with Gasteiger partial charge in [0.2, 0.25) is 0 Å². The number of carbonyl (C=O) groups excluding carboxylic acids is 1. The standard InChI is InChI=1S/C17H24N4O2/c1-5-10(2)13-8-6-7-9-14(13)23-12(4)16-15(17(22)19-18)11(3)20-21-16/h6-10,12H,5,18H2,1-4H3,(H,19,22)(H,20,21). The van der Waals surface area contributed by atoms with Gasteiger partial charge in [0, 0.05) is 5.69 Å². The van der Waals surface area contributed by atoms with Crippen LogP contribution >= 0.6 is 0 Å². The van der Waals surface area contributed by atoms with Crippen molar-refractivity contribution in [3.8, 4) is 5.75 Å². The van der Waals surface area contributed by atoms with Gasteiger partial charge >= 0.3 is 0 Å². The van der Waals surface area contributed by atoms with E-state index in [1.54, 1.807) is 6.92 Å².